The van der Waals surface area contributed by atoms with Gasteiger partial charge >= 0.3 is 0 Å². The van der Waals surface area contributed by atoms with Gasteiger partial charge in [0.05, 0.1) is 18.8 Å². The fraction of sp³-hybridized carbons (Fsp3) is 0.333. The van der Waals surface area contributed by atoms with E-state index in [-0.39, 0.29) is 11.7 Å². The van der Waals surface area contributed by atoms with Gasteiger partial charge in [-0.05, 0) is 55.3 Å². The van der Waals surface area contributed by atoms with Gasteiger partial charge in [0, 0.05) is 42.8 Å². The number of piperazine rings is 1. The number of carbonyl (C=O) groups excluding carboxylic acids is 1. The van der Waals surface area contributed by atoms with Gasteiger partial charge in [0.15, 0.2) is 0 Å². The van der Waals surface area contributed by atoms with Crippen LogP contribution in [0.15, 0.2) is 47.8 Å². The zero-order valence-electron chi connectivity index (χ0n) is 17.9. The molecule has 162 valence electrons. The summed E-state index contributed by atoms with van der Waals surface area (Å²) in [5.74, 6) is -0.203. The van der Waals surface area contributed by atoms with Crippen molar-refractivity contribution in [1.29, 1.82) is 0 Å². The molecule has 31 heavy (non-hydrogen) atoms. The number of hydrogen-bond acceptors (Lipinski definition) is 5. The van der Waals surface area contributed by atoms with Crippen LogP contribution in [0.5, 0.6) is 0 Å². The summed E-state index contributed by atoms with van der Waals surface area (Å²) in [5.41, 5.74) is 5.01. The van der Waals surface area contributed by atoms with E-state index in [0.29, 0.717) is 6.54 Å². The first-order valence-electron chi connectivity index (χ1n) is 10.5. The van der Waals surface area contributed by atoms with Crippen LogP contribution in [-0.4, -0.2) is 53.4 Å². The van der Waals surface area contributed by atoms with Crippen molar-refractivity contribution in [2.24, 2.45) is 0 Å². The highest BCUT2D eigenvalue weighted by molar-refractivity contribution is 7.09. The fourth-order valence-electron chi connectivity index (χ4n) is 3.71. The van der Waals surface area contributed by atoms with Crippen LogP contribution in [0.4, 0.5) is 10.1 Å². The van der Waals surface area contributed by atoms with Crippen molar-refractivity contribution < 1.29 is 9.18 Å². The highest BCUT2D eigenvalue weighted by atomic mass is 32.1. The summed E-state index contributed by atoms with van der Waals surface area (Å²) >= 11 is 1.63. The van der Waals surface area contributed by atoms with Crippen molar-refractivity contribution >= 4 is 22.9 Å². The largest absolute Gasteiger partial charge is 0.325 e. The van der Waals surface area contributed by atoms with E-state index in [1.165, 1.54) is 17.7 Å². The van der Waals surface area contributed by atoms with E-state index in [4.69, 9.17) is 4.98 Å². The van der Waals surface area contributed by atoms with E-state index in [1.54, 1.807) is 23.5 Å². The predicted octanol–water partition coefficient (Wildman–Crippen LogP) is 4.32. The first-order valence-corrected chi connectivity index (χ1v) is 11.4. The standard InChI is InChI=1S/C24H27FN4OS/c1-17-4-3-5-21(18(17)2)26-23(30)14-28-10-12-29(13-11-28)15-24-27-22(16-31-24)19-6-8-20(25)9-7-19/h3-9,16H,10-15H2,1-2H3,(H,26,30). The van der Waals surface area contributed by atoms with Crippen LogP contribution in [0.2, 0.25) is 0 Å². The number of hydrogen-bond donors (Lipinski definition) is 1. The topological polar surface area (TPSA) is 48.5 Å². The lowest BCUT2D eigenvalue weighted by Crippen LogP contribution is -2.48. The lowest BCUT2D eigenvalue weighted by atomic mass is 10.1. The van der Waals surface area contributed by atoms with E-state index in [9.17, 15) is 9.18 Å². The molecule has 5 nitrogen and oxygen atoms in total. The molecule has 1 aliphatic rings. The van der Waals surface area contributed by atoms with Gasteiger partial charge in [-0.1, -0.05) is 12.1 Å². The van der Waals surface area contributed by atoms with E-state index in [0.717, 1.165) is 60.2 Å². The number of thiazole rings is 1. The van der Waals surface area contributed by atoms with Gasteiger partial charge in [-0.2, -0.15) is 0 Å². The maximum Gasteiger partial charge on any atom is 0.238 e. The van der Waals surface area contributed by atoms with Crippen LogP contribution in [0.1, 0.15) is 16.1 Å². The molecule has 1 N–H and O–H groups in total. The Hall–Kier alpha value is -2.61. The van der Waals surface area contributed by atoms with E-state index < -0.39 is 0 Å². The quantitative estimate of drug-likeness (QED) is 0.623. The van der Waals surface area contributed by atoms with Crippen molar-refractivity contribution in [2.45, 2.75) is 20.4 Å². The van der Waals surface area contributed by atoms with Crippen LogP contribution in [0.25, 0.3) is 11.3 Å². The average molecular weight is 439 g/mol. The zero-order chi connectivity index (χ0) is 21.8. The normalized spacial score (nSPS) is 15.2. The minimum atomic E-state index is -0.236. The Bertz CT molecular complexity index is 1040. The number of halogens is 1. The summed E-state index contributed by atoms with van der Waals surface area (Å²) in [4.78, 5) is 21.8. The second kappa shape index (κ2) is 9.68. The number of benzene rings is 2. The van der Waals surface area contributed by atoms with Crippen molar-refractivity contribution in [2.75, 3.05) is 38.0 Å². The van der Waals surface area contributed by atoms with Gasteiger partial charge in [0.25, 0.3) is 0 Å². The highest BCUT2D eigenvalue weighted by Gasteiger charge is 2.20. The molecule has 0 bridgehead atoms. The Balaban J connectivity index is 1.25. The van der Waals surface area contributed by atoms with Crippen LogP contribution in [0, 0.1) is 19.7 Å². The number of amides is 1. The Morgan fingerprint density at radius 2 is 1.77 bits per heavy atom. The molecular weight excluding hydrogens is 411 g/mol. The minimum absolute atomic E-state index is 0.0333. The van der Waals surface area contributed by atoms with Crippen molar-refractivity contribution in [3.63, 3.8) is 0 Å². The molecule has 4 rings (SSSR count). The van der Waals surface area contributed by atoms with Gasteiger partial charge in [0.1, 0.15) is 10.8 Å². The molecule has 3 aromatic rings. The summed E-state index contributed by atoms with van der Waals surface area (Å²) in [6, 6.07) is 12.4. The number of aromatic nitrogens is 1. The molecule has 0 saturated carbocycles. The first kappa shape index (κ1) is 21.6. The number of nitrogens with zero attached hydrogens (tertiary/aromatic N) is 3. The van der Waals surface area contributed by atoms with Gasteiger partial charge in [-0.3, -0.25) is 14.6 Å². The fourth-order valence-corrected chi connectivity index (χ4v) is 4.56. The Kier molecular flexibility index (Phi) is 6.75. The number of carbonyl (C=O) groups is 1. The summed E-state index contributed by atoms with van der Waals surface area (Å²) < 4.78 is 13.1. The van der Waals surface area contributed by atoms with E-state index >= 15 is 0 Å². The van der Waals surface area contributed by atoms with Crippen LogP contribution in [0.3, 0.4) is 0 Å². The predicted molar refractivity (Wildman–Crippen MR) is 124 cm³/mol. The van der Waals surface area contributed by atoms with Crippen molar-refractivity contribution in [1.82, 2.24) is 14.8 Å². The maximum atomic E-state index is 13.1. The second-order valence-corrected chi connectivity index (χ2v) is 8.92. The molecule has 1 aromatic heterocycles. The van der Waals surface area contributed by atoms with Gasteiger partial charge < -0.3 is 5.32 Å². The molecule has 0 spiro atoms. The van der Waals surface area contributed by atoms with Crippen molar-refractivity contribution in [3.05, 3.63) is 69.8 Å². The smallest absolute Gasteiger partial charge is 0.238 e. The van der Waals surface area contributed by atoms with E-state index in [1.807, 2.05) is 24.4 Å². The molecule has 7 heteroatoms. The summed E-state index contributed by atoms with van der Waals surface area (Å²) in [6.45, 7) is 8.82. The lowest BCUT2D eigenvalue weighted by Gasteiger charge is -2.33. The summed E-state index contributed by atoms with van der Waals surface area (Å²) in [6.07, 6.45) is 0. The molecule has 2 aromatic carbocycles. The Labute approximate surface area is 186 Å². The zero-order valence-corrected chi connectivity index (χ0v) is 18.7. The number of aryl methyl sites for hydroxylation is 1. The molecule has 0 aliphatic carbocycles. The molecule has 1 saturated heterocycles. The Morgan fingerprint density at radius 1 is 1.06 bits per heavy atom. The molecule has 0 radical (unpaired) electrons. The molecular formula is C24H27FN4OS. The van der Waals surface area contributed by atoms with Crippen LogP contribution in [-0.2, 0) is 11.3 Å². The third-order valence-electron chi connectivity index (χ3n) is 5.76. The third-order valence-corrected chi connectivity index (χ3v) is 6.60. The number of rotatable bonds is 6. The number of anilines is 1. The molecule has 1 amide bonds. The first-order chi connectivity index (χ1) is 15.0. The van der Waals surface area contributed by atoms with Gasteiger partial charge in [-0.15, -0.1) is 11.3 Å². The number of nitrogens with one attached hydrogen (secondary N) is 1. The maximum absolute atomic E-state index is 13.1. The van der Waals surface area contributed by atoms with Crippen LogP contribution < -0.4 is 5.32 Å². The molecule has 2 heterocycles. The SMILES string of the molecule is Cc1cccc(NC(=O)CN2CCN(Cc3nc(-c4ccc(F)cc4)cs3)CC2)c1C. The monoisotopic (exact) mass is 438 g/mol. The molecule has 0 unspecified atom stereocenters. The van der Waals surface area contributed by atoms with Crippen LogP contribution >= 0.6 is 11.3 Å². The summed E-state index contributed by atoms with van der Waals surface area (Å²) in [5, 5.41) is 6.13. The molecule has 1 aliphatic heterocycles. The summed E-state index contributed by atoms with van der Waals surface area (Å²) in [7, 11) is 0. The highest BCUT2D eigenvalue weighted by Crippen LogP contribution is 2.23. The third kappa shape index (κ3) is 5.55. The van der Waals surface area contributed by atoms with Crippen molar-refractivity contribution in [3.8, 4) is 11.3 Å². The minimum Gasteiger partial charge on any atom is -0.325 e. The van der Waals surface area contributed by atoms with Gasteiger partial charge in [0.2, 0.25) is 5.91 Å². The van der Waals surface area contributed by atoms with E-state index in [2.05, 4.69) is 28.1 Å². The molecule has 0 atom stereocenters. The second-order valence-electron chi connectivity index (χ2n) is 7.98. The Morgan fingerprint density at radius 3 is 2.52 bits per heavy atom. The lowest BCUT2D eigenvalue weighted by molar-refractivity contribution is -0.117. The average Bonchev–Trinajstić information content (AvgIpc) is 3.22. The molecule has 1 fully saturated rings. The van der Waals surface area contributed by atoms with Gasteiger partial charge in [-0.25, -0.2) is 9.37 Å².